The average molecular weight is 254 g/mol. The third-order valence-corrected chi connectivity index (χ3v) is 3.86. The minimum Gasteiger partial charge on any atom is -0.370 e. The van der Waals surface area contributed by atoms with E-state index in [1.807, 2.05) is 0 Å². The van der Waals surface area contributed by atoms with Gasteiger partial charge in [-0.25, -0.2) is 0 Å². The Labute approximate surface area is 112 Å². The van der Waals surface area contributed by atoms with Gasteiger partial charge in [0, 0.05) is 11.6 Å². The second-order valence-electron chi connectivity index (χ2n) is 6.02. The molecule has 0 radical (unpaired) electrons. The number of rotatable bonds is 5. The normalized spacial score (nSPS) is 20.8. The van der Waals surface area contributed by atoms with Crippen LogP contribution < -0.4 is 11.1 Å². The Kier molecular flexibility index (Phi) is 5.93. The number of likely N-dealkylation sites (tertiary alicyclic amines) is 1. The summed E-state index contributed by atoms with van der Waals surface area (Å²) in [7, 11) is 0. The first-order chi connectivity index (χ1) is 8.45. The van der Waals surface area contributed by atoms with E-state index in [1.54, 1.807) is 0 Å². The molecule has 0 saturated carbocycles. The van der Waals surface area contributed by atoms with Crippen molar-refractivity contribution in [1.82, 2.24) is 10.2 Å². The van der Waals surface area contributed by atoms with Gasteiger partial charge in [0.05, 0.1) is 6.54 Å². The highest BCUT2D eigenvalue weighted by Crippen LogP contribution is 2.20. The van der Waals surface area contributed by atoms with Crippen LogP contribution in [0.3, 0.4) is 0 Å². The van der Waals surface area contributed by atoms with E-state index in [0.717, 1.165) is 13.0 Å². The van der Waals surface area contributed by atoms with Crippen LogP contribution in [-0.2, 0) is 0 Å². The molecule has 1 rings (SSSR count). The summed E-state index contributed by atoms with van der Waals surface area (Å²) in [5.74, 6) is 0.578. The van der Waals surface area contributed by atoms with Crippen LogP contribution in [0.2, 0.25) is 0 Å². The molecule has 1 aliphatic heterocycles. The number of hydrogen-bond donors (Lipinski definition) is 2. The molecular formula is C14H30N4. The largest absolute Gasteiger partial charge is 0.370 e. The zero-order valence-electron chi connectivity index (χ0n) is 12.5. The van der Waals surface area contributed by atoms with Gasteiger partial charge in [-0.3, -0.25) is 9.89 Å². The van der Waals surface area contributed by atoms with Crippen molar-refractivity contribution < 1.29 is 0 Å². The van der Waals surface area contributed by atoms with E-state index >= 15 is 0 Å². The summed E-state index contributed by atoms with van der Waals surface area (Å²) in [6.07, 6.45) is 5.06. The van der Waals surface area contributed by atoms with Crippen molar-refractivity contribution >= 4 is 5.96 Å². The Morgan fingerprint density at radius 2 is 1.94 bits per heavy atom. The van der Waals surface area contributed by atoms with Gasteiger partial charge >= 0.3 is 0 Å². The Morgan fingerprint density at radius 3 is 2.50 bits per heavy atom. The molecule has 0 spiro atoms. The van der Waals surface area contributed by atoms with Gasteiger partial charge in [-0.15, -0.1) is 0 Å². The molecule has 106 valence electrons. The molecule has 0 aromatic carbocycles. The summed E-state index contributed by atoms with van der Waals surface area (Å²) in [5.41, 5.74) is 6.02. The lowest BCUT2D eigenvalue weighted by Gasteiger charge is -2.40. The van der Waals surface area contributed by atoms with Gasteiger partial charge in [0.25, 0.3) is 0 Å². The number of aliphatic imine (C=N–C) groups is 1. The number of nitrogens with one attached hydrogen (secondary N) is 1. The predicted octanol–water partition coefficient (Wildman–Crippen LogP) is 1.95. The SMILES string of the molecule is CCC(C)NC(N)=NCC(C)(C)N1CCCCC1. The lowest BCUT2D eigenvalue weighted by molar-refractivity contribution is 0.102. The van der Waals surface area contributed by atoms with Crippen molar-refractivity contribution in [2.45, 2.75) is 65.0 Å². The quantitative estimate of drug-likeness (QED) is 0.582. The zero-order chi connectivity index (χ0) is 13.6. The minimum absolute atomic E-state index is 0.113. The summed E-state index contributed by atoms with van der Waals surface area (Å²) < 4.78 is 0. The van der Waals surface area contributed by atoms with Gasteiger partial charge in [0.15, 0.2) is 5.96 Å². The molecule has 0 bridgehead atoms. The highest BCUT2D eigenvalue weighted by atomic mass is 15.2. The third-order valence-electron chi connectivity index (χ3n) is 3.86. The summed E-state index contributed by atoms with van der Waals surface area (Å²) in [6, 6.07) is 0.395. The first-order valence-corrected chi connectivity index (χ1v) is 7.27. The molecule has 0 aliphatic carbocycles. The molecule has 4 heteroatoms. The van der Waals surface area contributed by atoms with Gasteiger partial charge in [-0.2, -0.15) is 0 Å². The van der Waals surface area contributed by atoms with Crippen molar-refractivity contribution in [2.24, 2.45) is 10.7 Å². The fraction of sp³-hybridized carbons (Fsp3) is 0.929. The van der Waals surface area contributed by atoms with Gasteiger partial charge < -0.3 is 11.1 Å². The maximum absolute atomic E-state index is 5.91. The fourth-order valence-electron chi connectivity index (χ4n) is 2.28. The topological polar surface area (TPSA) is 53.6 Å². The van der Waals surface area contributed by atoms with E-state index in [9.17, 15) is 0 Å². The number of piperidine rings is 1. The molecule has 1 fully saturated rings. The maximum Gasteiger partial charge on any atom is 0.188 e. The highest BCUT2D eigenvalue weighted by Gasteiger charge is 2.27. The number of nitrogens with zero attached hydrogens (tertiary/aromatic N) is 2. The van der Waals surface area contributed by atoms with Crippen LogP contribution in [0.5, 0.6) is 0 Å². The molecule has 0 amide bonds. The molecule has 1 aliphatic rings. The van der Waals surface area contributed by atoms with Crippen molar-refractivity contribution in [2.75, 3.05) is 19.6 Å². The van der Waals surface area contributed by atoms with E-state index in [1.165, 1.54) is 32.4 Å². The Balaban J connectivity index is 2.46. The summed E-state index contributed by atoms with van der Waals surface area (Å²) >= 11 is 0. The van der Waals surface area contributed by atoms with Gasteiger partial charge in [-0.05, 0) is 53.1 Å². The zero-order valence-corrected chi connectivity index (χ0v) is 12.5. The van der Waals surface area contributed by atoms with E-state index in [-0.39, 0.29) is 5.54 Å². The first kappa shape index (κ1) is 15.3. The number of guanidine groups is 1. The monoisotopic (exact) mass is 254 g/mol. The predicted molar refractivity (Wildman–Crippen MR) is 78.9 cm³/mol. The van der Waals surface area contributed by atoms with Crippen molar-refractivity contribution in [3.05, 3.63) is 0 Å². The molecule has 1 atom stereocenters. The Morgan fingerprint density at radius 1 is 1.33 bits per heavy atom. The van der Waals surface area contributed by atoms with Crippen LogP contribution in [0.4, 0.5) is 0 Å². The summed E-state index contributed by atoms with van der Waals surface area (Å²) in [4.78, 5) is 7.04. The van der Waals surface area contributed by atoms with Crippen molar-refractivity contribution in [3.8, 4) is 0 Å². The average Bonchev–Trinajstić information content (AvgIpc) is 2.37. The summed E-state index contributed by atoms with van der Waals surface area (Å²) in [5, 5.41) is 3.21. The molecular weight excluding hydrogens is 224 g/mol. The van der Waals surface area contributed by atoms with E-state index < -0.39 is 0 Å². The Bertz CT molecular complexity index is 267. The molecule has 1 unspecified atom stereocenters. The molecule has 1 saturated heterocycles. The van der Waals surface area contributed by atoms with E-state index in [4.69, 9.17) is 5.73 Å². The lowest BCUT2D eigenvalue weighted by Crippen LogP contribution is -2.49. The van der Waals surface area contributed by atoms with Crippen LogP contribution >= 0.6 is 0 Å². The minimum atomic E-state index is 0.113. The molecule has 4 nitrogen and oxygen atoms in total. The molecule has 0 aromatic rings. The number of hydrogen-bond acceptors (Lipinski definition) is 2. The fourth-order valence-corrected chi connectivity index (χ4v) is 2.28. The van der Waals surface area contributed by atoms with Crippen LogP contribution in [0.25, 0.3) is 0 Å². The third kappa shape index (κ3) is 4.84. The second-order valence-corrected chi connectivity index (χ2v) is 6.02. The summed E-state index contributed by atoms with van der Waals surface area (Å²) in [6.45, 7) is 11.9. The standard InChI is InChI=1S/C14H30N4/c1-5-12(2)17-13(15)16-11-14(3,4)18-9-7-6-8-10-18/h12H,5-11H2,1-4H3,(H3,15,16,17). The Hall–Kier alpha value is -0.770. The smallest absolute Gasteiger partial charge is 0.188 e. The van der Waals surface area contributed by atoms with Crippen LogP contribution in [-0.4, -0.2) is 42.1 Å². The van der Waals surface area contributed by atoms with Gasteiger partial charge in [-0.1, -0.05) is 13.3 Å². The first-order valence-electron chi connectivity index (χ1n) is 7.27. The van der Waals surface area contributed by atoms with Crippen LogP contribution in [0, 0.1) is 0 Å². The van der Waals surface area contributed by atoms with E-state index in [0.29, 0.717) is 12.0 Å². The molecule has 3 N–H and O–H groups in total. The lowest BCUT2D eigenvalue weighted by atomic mass is 9.99. The second kappa shape index (κ2) is 6.98. The van der Waals surface area contributed by atoms with Crippen molar-refractivity contribution in [3.63, 3.8) is 0 Å². The van der Waals surface area contributed by atoms with E-state index in [2.05, 4.69) is 42.9 Å². The highest BCUT2D eigenvalue weighted by molar-refractivity contribution is 5.78. The molecule has 18 heavy (non-hydrogen) atoms. The molecule has 0 aromatic heterocycles. The van der Waals surface area contributed by atoms with Gasteiger partial charge in [0.1, 0.15) is 0 Å². The molecule has 1 heterocycles. The van der Waals surface area contributed by atoms with Crippen LogP contribution in [0.1, 0.15) is 53.4 Å². The van der Waals surface area contributed by atoms with Crippen LogP contribution in [0.15, 0.2) is 4.99 Å². The van der Waals surface area contributed by atoms with Crippen molar-refractivity contribution in [1.29, 1.82) is 0 Å². The maximum atomic E-state index is 5.91. The number of nitrogens with two attached hydrogens (primary N) is 1. The van der Waals surface area contributed by atoms with Gasteiger partial charge in [0.2, 0.25) is 0 Å².